The molecule has 0 aromatic heterocycles. The van der Waals surface area contributed by atoms with Crippen molar-refractivity contribution in [3.8, 4) is 0 Å². The van der Waals surface area contributed by atoms with E-state index in [0.29, 0.717) is 6.17 Å². The standard InChI is InChI=1S/C15H33N5/c1-2-20(15-14-16-9-10-17-15)18-8-7-13-19-11-5-3-4-6-12-19/h15-18H,2-14H2,1H3. The molecule has 0 radical (unpaired) electrons. The molecule has 0 aliphatic carbocycles. The quantitative estimate of drug-likeness (QED) is 0.472. The SMILES string of the molecule is CCN(NCCCN1CCCCCC1)C1CNCCN1. The van der Waals surface area contributed by atoms with Crippen LogP contribution in [0.2, 0.25) is 0 Å². The van der Waals surface area contributed by atoms with Crippen molar-refractivity contribution in [2.24, 2.45) is 0 Å². The second-order valence-corrected chi connectivity index (χ2v) is 5.98. The average molecular weight is 283 g/mol. The molecule has 0 aromatic rings. The molecule has 1 atom stereocenters. The third kappa shape index (κ3) is 5.66. The molecule has 3 N–H and O–H groups in total. The smallest absolute Gasteiger partial charge is 0.0859 e. The summed E-state index contributed by atoms with van der Waals surface area (Å²) < 4.78 is 0. The normalized spacial score (nSPS) is 25.8. The van der Waals surface area contributed by atoms with Gasteiger partial charge in [-0.05, 0) is 38.9 Å². The summed E-state index contributed by atoms with van der Waals surface area (Å²) in [5, 5.41) is 9.35. The molecular weight excluding hydrogens is 250 g/mol. The van der Waals surface area contributed by atoms with E-state index >= 15 is 0 Å². The predicted molar refractivity (Wildman–Crippen MR) is 84.6 cm³/mol. The van der Waals surface area contributed by atoms with Gasteiger partial charge in [0.2, 0.25) is 0 Å². The lowest BCUT2D eigenvalue weighted by Gasteiger charge is -2.35. The first kappa shape index (κ1) is 16.2. The Hall–Kier alpha value is -0.200. The van der Waals surface area contributed by atoms with Crippen LogP contribution in [-0.4, -0.2) is 68.4 Å². The molecule has 0 saturated carbocycles. The number of likely N-dealkylation sites (tertiary alicyclic amines) is 1. The molecule has 2 aliphatic rings. The summed E-state index contributed by atoms with van der Waals surface area (Å²) in [4.78, 5) is 2.64. The third-order valence-corrected chi connectivity index (χ3v) is 4.40. The minimum atomic E-state index is 0.437. The van der Waals surface area contributed by atoms with E-state index < -0.39 is 0 Å². The highest BCUT2D eigenvalue weighted by atomic mass is 15.6. The summed E-state index contributed by atoms with van der Waals surface area (Å²) in [7, 11) is 0. The van der Waals surface area contributed by atoms with Crippen molar-refractivity contribution in [2.75, 3.05) is 52.4 Å². The minimum absolute atomic E-state index is 0.437. The van der Waals surface area contributed by atoms with E-state index in [4.69, 9.17) is 0 Å². The Balaban J connectivity index is 1.58. The number of likely N-dealkylation sites (N-methyl/N-ethyl adjacent to an activating group) is 1. The molecular formula is C15H33N5. The number of nitrogens with zero attached hydrogens (tertiary/aromatic N) is 2. The number of hydrogen-bond donors (Lipinski definition) is 3. The molecule has 5 nitrogen and oxygen atoms in total. The van der Waals surface area contributed by atoms with Crippen LogP contribution in [-0.2, 0) is 0 Å². The van der Waals surface area contributed by atoms with Gasteiger partial charge in [-0.25, -0.2) is 5.01 Å². The van der Waals surface area contributed by atoms with Crippen LogP contribution in [0.1, 0.15) is 39.0 Å². The third-order valence-electron chi connectivity index (χ3n) is 4.40. The van der Waals surface area contributed by atoms with Crippen LogP contribution < -0.4 is 16.1 Å². The van der Waals surface area contributed by atoms with Gasteiger partial charge in [0.25, 0.3) is 0 Å². The Morgan fingerprint density at radius 2 is 1.95 bits per heavy atom. The zero-order valence-corrected chi connectivity index (χ0v) is 13.2. The molecule has 2 saturated heterocycles. The van der Waals surface area contributed by atoms with E-state index in [2.05, 4.69) is 32.9 Å². The highest BCUT2D eigenvalue weighted by molar-refractivity contribution is 4.74. The summed E-state index contributed by atoms with van der Waals surface area (Å²) in [6.45, 7) is 11.4. The number of nitrogens with one attached hydrogen (secondary N) is 3. The Morgan fingerprint density at radius 1 is 1.15 bits per heavy atom. The van der Waals surface area contributed by atoms with Gasteiger partial charge in [-0.15, -0.1) is 0 Å². The van der Waals surface area contributed by atoms with Crippen LogP contribution in [0.4, 0.5) is 0 Å². The fraction of sp³-hybridized carbons (Fsp3) is 1.00. The monoisotopic (exact) mass is 283 g/mol. The van der Waals surface area contributed by atoms with Crippen molar-refractivity contribution in [1.29, 1.82) is 0 Å². The molecule has 20 heavy (non-hydrogen) atoms. The lowest BCUT2D eigenvalue weighted by atomic mass is 10.2. The van der Waals surface area contributed by atoms with Crippen LogP contribution in [0.15, 0.2) is 0 Å². The summed E-state index contributed by atoms with van der Waals surface area (Å²) in [5.41, 5.74) is 3.60. The lowest BCUT2D eigenvalue weighted by molar-refractivity contribution is 0.0926. The maximum absolute atomic E-state index is 3.60. The maximum Gasteiger partial charge on any atom is 0.0859 e. The van der Waals surface area contributed by atoms with Gasteiger partial charge in [-0.2, -0.15) is 0 Å². The molecule has 5 heteroatoms. The Labute approximate surface area is 124 Å². The van der Waals surface area contributed by atoms with Crippen molar-refractivity contribution < 1.29 is 0 Å². The van der Waals surface area contributed by atoms with E-state index in [1.807, 2.05) is 0 Å². The highest BCUT2D eigenvalue weighted by Gasteiger charge is 2.18. The van der Waals surface area contributed by atoms with Crippen molar-refractivity contribution in [2.45, 2.75) is 45.2 Å². The first-order valence-corrected chi connectivity index (χ1v) is 8.56. The van der Waals surface area contributed by atoms with Crippen molar-refractivity contribution in [3.05, 3.63) is 0 Å². The van der Waals surface area contributed by atoms with E-state index in [9.17, 15) is 0 Å². The molecule has 2 fully saturated rings. The molecule has 2 rings (SSSR count). The largest absolute Gasteiger partial charge is 0.313 e. The fourth-order valence-corrected chi connectivity index (χ4v) is 3.19. The summed E-state index contributed by atoms with van der Waals surface area (Å²) in [6.07, 6.45) is 7.33. The number of hydrogen-bond acceptors (Lipinski definition) is 5. The maximum atomic E-state index is 3.60. The summed E-state index contributed by atoms with van der Waals surface area (Å²) in [5.74, 6) is 0. The fourth-order valence-electron chi connectivity index (χ4n) is 3.19. The van der Waals surface area contributed by atoms with Crippen LogP contribution in [0.5, 0.6) is 0 Å². The average Bonchev–Trinajstić information content (AvgIpc) is 2.77. The van der Waals surface area contributed by atoms with Crippen molar-refractivity contribution >= 4 is 0 Å². The van der Waals surface area contributed by atoms with Crippen LogP contribution in [0, 0.1) is 0 Å². The van der Waals surface area contributed by atoms with Crippen LogP contribution in [0.25, 0.3) is 0 Å². The van der Waals surface area contributed by atoms with Crippen LogP contribution >= 0.6 is 0 Å². The van der Waals surface area contributed by atoms with E-state index in [-0.39, 0.29) is 0 Å². The Morgan fingerprint density at radius 3 is 2.60 bits per heavy atom. The Kier molecular flexibility index (Phi) is 7.83. The van der Waals surface area contributed by atoms with Gasteiger partial charge < -0.3 is 10.2 Å². The first-order chi connectivity index (χ1) is 9.90. The van der Waals surface area contributed by atoms with Gasteiger partial charge >= 0.3 is 0 Å². The molecule has 0 bridgehead atoms. The molecule has 2 heterocycles. The summed E-state index contributed by atoms with van der Waals surface area (Å²) >= 11 is 0. The second-order valence-electron chi connectivity index (χ2n) is 5.98. The van der Waals surface area contributed by atoms with Gasteiger partial charge in [0.05, 0.1) is 6.17 Å². The molecule has 0 spiro atoms. The Bertz CT molecular complexity index is 234. The lowest BCUT2D eigenvalue weighted by Crippen LogP contribution is -2.61. The molecule has 0 amide bonds. The van der Waals surface area contributed by atoms with E-state index in [0.717, 1.165) is 32.7 Å². The highest BCUT2D eigenvalue weighted by Crippen LogP contribution is 2.09. The number of hydrazine groups is 1. The zero-order chi connectivity index (χ0) is 14.0. The molecule has 1 unspecified atom stereocenters. The number of piperazine rings is 1. The number of rotatable bonds is 7. The van der Waals surface area contributed by atoms with E-state index in [1.54, 1.807) is 0 Å². The van der Waals surface area contributed by atoms with Crippen molar-refractivity contribution in [3.63, 3.8) is 0 Å². The second kappa shape index (κ2) is 9.68. The van der Waals surface area contributed by atoms with Gasteiger partial charge in [0.15, 0.2) is 0 Å². The van der Waals surface area contributed by atoms with Crippen LogP contribution in [0.3, 0.4) is 0 Å². The molecule has 0 aromatic carbocycles. The summed E-state index contributed by atoms with van der Waals surface area (Å²) in [6, 6.07) is 0. The topological polar surface area (TPSA) is 42.6 Å². The molecule has 2 aliphatic heterocycles. The predicted octanol–water partition coefficient (Wildman–Crippen LogP) is 0.598. The zero-order valence-electron chi connectivity index (χ0n) is 13.2. The van der Waals surface area contributed by atoms with Crippen molar-refractivity contribution in [1.82, 2.24) is 26.0 Å². The van der Waals surface area contributed by atoms with Gasteiger partial charge in [-0.1, -0.05) is 19.8 Å². The van der Waals surface area contributed by atoms with Gasteiger partial charge in [0.1, 0.15) is 0 Å². The minimum Gasteiger partial charge on any atom is -0.313 e. The van der Waals surface area contributed by atoms with Gasteiger partial charge in [0, 0.05) is 32.7 Å². The first-order valence-electron chi connectivity index (χ1n) is 8.56. The molecule has 118 valence electrons. The van der Waals surface area contributed by atoms with Gasteiger partial charge in [-0.3, -0.25) is 10.7 Å². The van der Waals surface area contributed by atoms with E-state index in [1.165, 1.54) is 51.7 Å².